The largest absolute Gasteiger partial charge is 0.493 e. The Morgan fingerprint density at radius 2 is 1.69 bits per heavy atom. The monoisotopic (exact) mass is 401 g/mol. The van der Waals surface area contributed by atoms with Gasteiger partial charge in [-0.15, -0.1) is 0 Å². The molecule has 2 rings (SSSR count). The Labute approximate surface area is 168 Å². The van der Waals surface area contributed by atoms with Gasteiger partial charge in [0, 0.05) is 5.56 Å². The minimum atomic E-state index is -0.810. The molecule has 2 aromatic carbocycles. The van der Waals surface area contributed by atoms with Gasteiger partial charge in [-0.2, -0.15) is 5.10 Å². The number of benzene rings is 2. The van der Waals surface area contributed by atoms with Crippen LogP contribution < -0.4 is 20.2 Å². The van der Waals surface area contributed by atoms with Crippen molar-refractivity contribution in [3.63, 3.8) is 0 Å². The van der Waals surface area contributed by atoms with Crippen LogP contribution in [0, 0.1) is 11.7 Å². The van der Waals surface area contributed by atoms with Gasteiger partial charge in [-0.05, 0) is 53.9 Å². The van der Waals surface area contributed by atoms with Gasteiger partial charge in [0.1, 0.15) is 11.9 Å². The number of halogens is 1. The molecule has 0 bridgehead atoms. The molecule has 0 aliphatic carbocycles. The fraction of sp³-hybridized carbons (Fsp3) is 0.286. The highest BCUT2D eigenvalue weighted by molar-refractivity contribution is 5.97. The third kappa shape index (κ3) is 6.03. The fourth-order valence-corrected chi connectivity index (χ4v) is 2.53. The molecule has 0 heterocycles. The first-order valence-electron chi connectivity index (χ1n) is 8.97. The molecule has 0 saturated carbocycles. The van der Waals surface area contributed by atoms with E-state index < -0.39 is 23.7 Å². The van der Waals surface area contributed by atoms with E-state index in [0.717, 1.165) is 0 Å². The first kappa shape index (κ1) is 21.9. The van der Waals surface area contributed by atoms with Gasteiger partial charge in [0.25, 0.3) is 11.8 Å². The van der Waals surface area contributed by atoms with E-state index in [1.54, 1.807) is 32.0 Å². The molecular weight excluding hydrogens is 377 g/mol. The topological polar surface area (TPSA) is 89.0 Å². The summed E-state index contributed by atoms with van der Waals surface area (Å²) in [6.07, 6.45) is 1.46. The normalized spacial score (nSPS) is 11.9. The van der Waals surface area contributed by atoms with E-state index in [1.165, 1.54) is 44.7 Å². The summed E-state index contributed by atoms with van der Waals surface area (Å²) in [4.78, 5) is 24.8. The quantitative estimate of drug-likeness (QED) is 0.526. The molecule has 1 unspecified atom stereocenters. The van der Waals surface area contributed by atoms with Crippen LogP contribution in [0.5, 0.6) is 11.5 Å². The number of rotatable bonds is 8. The highest BCUT2D eigenvalue weighted by Gasteiger charge is 2.24. The average molecular weight is 401 g/mol. The van der Waals surface area contributed by atoms with E-state index in [9.17, 15) is 14.0 Å². The molecule has 29 heavy (non-hydrogen) atoms. The second kappa shape index (κ2) is 10.2. The number of hydrazone groups is 1. The summed E-state index contributed by atoms with van der Waals surface area (Å²) >= 11 is 0. The molecule has 0 saturated heterocycles. The van der Waals surface area contributed by atoms with Crippen molar-refractivity contribution in [1.29, 1.82) is 0 Å². The fourth-order valence-electron chi connectivity index (χ4n) is 2.53. The minimum absolute atomic E-state index is 0.185. The van der Waals surface area contributed by atoms with Crippen LogP contribution >= 0.6 is 0 Å². The summed E-state index contributed by atoms with van der Waals surface area (Å²) in [6, 6.07) is 9.47. The number of hydrogen-bond acceptors (Lipinski definition) is 5. The zero-order valence-electron chi connectivity index (χ0n) is 16.7. The maximum Gasteiger partial charge on any atom is 0.262 e. The summed E-state index contributed by atoms with van der Waals surface area (Å²) in [6.45, 7) is 3.60. The Bertz CT molecular complexity index is 882. The van der Waals surface area contributed by atoms with Crippen molar-refractivity contribution in [3.05, 3.63) is 59.4 Å². The Morgan fingerprint density at radius 1 is 1.03 bits per heavy atom. The summed E-state index contributed by atoms with van der Waals surface area (Å²) in [5, 5.41) is 6.60. The number of carbonyl (C=O) groups is 2. The van der Waals surface area contributed by atoms with Crippen LogP contribution in [0.15, 0.2) is 47.6 Å². The molecule has 8 heteroatoms. The lowest BCUT2D eigenvalue weighted by Gasteiger charge is -2.20. The van der Waals surface area contributed by atoms with Gasteiger partial charge in [-0.3, -0.25) is 9.59 Å². The Hall–Kier alpha value is -3.42. The van der Waals surface area contributed by atoms with E-state index in [2.05, 4.69) is 15.8 Å². The van der Waals surface area contributed by atoms with Crippen molar-refractivity contribution in [2.75, 3.05) is 14.2 Å². The standard InChI is InChI=1S/C21H24FN3O4/c1-13(2)19(24-20(26)15-6-8-16(22)9-7-15)21(27)25-23-12-14-5-10-17(28-3)18(11-14)29-4/h5-13,19H,1-4H3,(H,24,26)(H,25,27)/b23-12+. The van der Waals surface area contributed by atoms with Crippen LogP contribution in [0.4, 0.5) is 4.39 Å². The van der Waals surface area contributed by atoms with E-state index in [4.69, 9.17) is 9.47 Å². The third-order valence-corrected chi connectivity index (χ3v) is 4.14. The lowest BCUT2D eigenvalue weighted by atomic mass is 10.0. The molecule has 154 valence electrons. The highest BCUT2D eigenvalue weighted by Crippen LogP contribution is 2.26. The summed E-state index contributed by atoms with van der Waals surface area (Å²) in [5.41, 5.74) is 3.38. The van der Waals surface area contributed by atoms with Crippen LogP contribution in [0.3, 0.4) is 0 Å². The Kier molecular flexibility index (Phi) is 7.70. The molecule has 0 radical (unpaired) electrons. The average Bonchev–Trinajstić information content (AvgIpc) is 2.71. The molecular formula is C21H24FN3O4. The molecule has 1 atom stereocenters. The van der Waals surface area contributed by atoms with Gasteiger partial charge in [0.2, 0.25) is 0 Å². The van der Waals surface area contributed by atoms with Crippen LogP contribution in [0.2, 0.25) is 0 Å². The van der Waals surface area contributed by atoms with Crippen molar-refractivity contribution >= 4 is 18.0 Å². The van der Waals surface area contributed by atoms with Crippen molar-refractivity contribution in [3.8, 4) is 11.5 Å². The highest BCUT2D eigenvalue weighted by atomic mass is 19.1. The van der Waals surface area contributed by atoms with Crippen LogP contribution in [0.1, 0.15) is 29.8 Å². The zero-order valence-corrected chi connectivity index (χ0v) is 16.7. The number of methoxy groups -OCH3 is 2. The van der Waals surface area contributed by atoms with E-state index in [-0.39, 0.29) is 11.5 Å². The first-order valence-corrected chi connectivity index (χ1v) is 8.97. The van der Waals surface area contributed by atoms with Crippen molar-refractivity contribution in [2.45, 2.75) is 19.9 Å². The zero-order chi connectivity index (χ0) is 21.4. The molecule has 0 spiro atoms. The van der Waals surface area contributed by atoms with Gasteiger partial charge in [-0.25, -0.2) is 9.82 Å². The van der Waals surface area contributed by atoms with Crippen LogP contribution in [-0.2, 0) is 4.79 Å². The summed E-state index contributed by atoms with van der Waals surface area (Å²) in [7, 11) is 3.07. The number of carbonyl (C=O) groups excluding carboxylic acids is 2. The predicted molar refractivity (Wildman–Crippen MR) is 108 cm³/mol. The molecule has 0 aliphatic rings. The molecule has 0 aliphatic heterocycles. The number of nitrogens with zero attached hydrogens (tertiary/aromatic N) is 1. The van der Waals surface area contributed by atoms with Crippen molar-refractivity contribution in [1.82, 2.24) is 10.7 Å². The maximum atomic E-state index is 13.0. The molecule has 0 fully saturated rings. The summed E-state index contributed by atoms with van der Waals surface area (Å²) in [5.74, 6) is -0.443. The molecule has 0 aromatic heterocycles. The van der Waals surface area contributed by atoms with E-state index in [0.29, 0.717) is 17.1 Å². The predicted octanol–water partition coefficient (Wildman–Crippen LogP) is 2.75. The number of nitrogens with one attached hydrogen (secondary N) is 2. The molecule has 2 aromatic rings. The minimum Gasteiger partial charge on any atom is -0.493 e. The second-order valence-electron chi connectivity index (χ2n) is 6.55. The van der Waals surface area contributed by atoms with Gasteiger partial charge in [-0.1, -0.05) is 13.8 Å². The maximum absolute atomic E-state index is 13.0. The lowest BCUT2D eigenvalue weighted by molar-refractivity contribution is -0.123. The molecule has 2 N–H and O–H groups in total. The van der Waals surface area contributed by atoms with Gasteiger partial charge in [0.15, 0.2) is 11.5 Å². The van der Waals surface area contributed by atoms with Gasteiger partial charge >= 0.3 is 0 Å². The third-order valence-electron chi connectivity index (χ3n) is 4.14. The van der Waals surface area contributed by atoms with Crippen molar-refractivity contribution < 1.29 is 23.5 Å². The van der Waals surface area contributed by atoms with Crippen molar-refractivity contribution in [2.24, 2.45) is 11.0 Å². The van der Waals surface area contributed by atoms with Crippen LogP contribution in [-0.4, -0.2) is 38.3 Å². The van der Waals surface area contributed by atoms with Crippen LogP contribution in [0.25, 0.3) is 0 Å². The van der Waals surface area contributed by atoms with E-state index in [1.807, 2.05) is 0 Å². The smallest absolute Gasteiger partial charge is 0.262 e. The first-order chi connectivity index (χ1) is 13.8. The molecule has 2 amide bonds. The number of hydrogen-bond donors (Lipinski definition) is 2. The van der Waals surface area contributed by atoms with Gasteiger partial charge in [0.05, 0.1) is 20.4 Å². The number of ether oxygens (including phenoxy) is 2. The molecule has 7 nitrogen and oxygen atoms in total. The Balaban J connectivity index is 2.03. The Morgan fingerprint density at radius 3 is 2.28 bits per heavy atom. The SMILES string of the molecule is COc1ccc(/C=N/NC(=O)C(NC(=O)c2ccc(F)cc2)C(C)C)cc1OC. The van der Waals surface area contributed by atoms with E-state index >= 15 is 0 Å². The summed E-state index contributed by atoms with van der Waals surface area (Å²) < 4.78 is 23.4. The van der Waals surface area contributed by atoms with Gasteiger partial charge < -0.3 is 14.8 Å². The number of amides is 2. The lowest BCUT2D eigenvalue weighted by Crippen LogP contribution is -2.48. The second-order valence-corrected chi connectivity index (χ2v) is 6.55.